The summed E-state index contributed by atoms with van der Waals surface area (Å²) in [7, 11) is 0. The smallest absolute Gasteiger partial charge is 0.123 e. The van der Waals surface area contributed by atoms with E-state index in [0.717, 1.165) is 12.0 Å². The molecule has 6 aromatic rings. The van der Waals surface area contributed by atoms with Crippen LogP contribution in [0.25, 0.3) is 38.6 Å². The topological polar surface area (TPSA) is 4.93 Å². The van der Waals surface area contributed by atoms with E-state index < -0.39 is 0 Å². The minimum absolute atomic E-state index is 0.196. The fourth-order valence-corrected chi connectivity index (χ4v) is 4.66. The molecule has 1 aromatic heterocycles. The van der Waals surface area contributed by atoms with Crippen molar-refractivity contribution in [1.29, 1.82) is 0 Å². The Bertz CT molecular complexity index is 1560. The molecule has 0 saturated heterocycles. The molecule has 0 N–H and O–H groups in total. The van der Waals surface area contributed by atoms with Gasteiger partial charge in [0.05, 0.1) is 11.0 Å². The third-order valence-corrected chi connectivity index (χ3v) is 6.30. The third-order valence-electron chi connectivity index (χ3n) is 6.30. The highest BCUT2D eigenvalue weighted by Gasteiger charge is 2.12. The zero-order chi connectivity index (χ0) is 22.2. The monoisotopic (exact) mass is 427 g/mol. The second-order valence-electron chi connectivity index (χ2n) is 8.42. The van der Waals surface area contributed by atoms with Gasteiger partial charge in [0, 0.05) is 16.5 Å². The molecule has 158 valence electrons. The average Bonchev–Trinajstić information content (AvgIpc) is 3.20. The highest BCUT2D eigenvalue weighted by atomic mass is 19.1. The maximum Gasteiger partial charge on any atom is 0.123 e. The Kier molecular flexibility index (Phi) is 4.77. The summed E-state index contributed by atoms with van der Waals surface area (Å²) in [5.41, 5.74) is 8.31. The number of aromatic nitrogens is 1. The molecule has 0 spiro atoms. The molecule has 6 rings (SSSR count). The molecule has 0 fully saturated rings. The van der Waals surface area contributed by atoms with Gasteiger partial charge < -0.3 is 4.57 Å². The van der Waals surface area contributed by atoms with E-state index in [2.05, 4.69) is 102 Å². The molecule has 2 heteroatoms. The summed E-state index contributed by atoms with van der Waals surface area (Å²) in [5, 5.41) is 2.51. The maximum atomic E-state index is 13.2. The van der Waals surface area contributed by atoms with Crippen LogP contribution >= 0.6 is 0 Å². The molecule has 0 radical (unpaired) electrons. The van der Waals surface area contributed by atoms with Crippen molar-refractivity contribution in [2.75, 3.05) is 0 Å². The van der Waals surface area contributed by atoms with E-state index in [4.69, 9.17) is 0 Å². The van der Waals surface area contributed by atoms with Gasteiger partial charge in [-0.3, -0.25) is 0 Å². The van der Waals surface area contributed by atoms with Gasteiger partial charge in [0.1, 0.15) is 5.82 Å². The Morgan fingerprint density at radius 2 is 1.12 bits per heavy atom. The highest BCUT2D eigenvalue weighted by Crippen LogP contribution is 2.34. The van der Waals surface area contributed by atoms with Gasteiger partial charge in [-0.2, -0.15) is 0 Å². The summed E-state index contributed by atoms with van der Waals surface area (Å²) < 4.78 is 15.5. The van der Waals surface area contributed by atoms with Gasteiger partial charge in [-0.1, -0.05) is 78.9 Å². The zero-order valence-corrected chi connectivity index (χ0v) is 18.1. The molecular weight excluding hydrogens is 405 g/mol. The lowest BCUT2D eigenvalue weighted by Crippen LogP contribution is -1.92. The molecule has 0 saturated carbocycles. The van der Waals surface area contributed by atoms with Crippen LogP contribution in [0.4, 0.5) is 4.39 Å². The van der Waals surface area contributed by atoms with Gasteiger partial charge in [0.15, 0.2) is 0 Å². The lowest BCUT2D eigenvalue weighted by molar-refractivity contribution is 0.627. The number of para-hydroxylation sites is 2. The lowest BCUT2D eigenvalue weighted by atomic mass is 9.99. The molecule has 0 amide bonds. The molecule has 0 aliphatic carbocycles. The van der Waals surface area contributed by atoms with Crippen molar-refractivity contribution in [3.05, 3.63) is 138 Å². The first-order valence-corrected chi connectivity index (χ1v) is 11.2. The summed E-state index contributed by atoms with van der Waals surface area (Å²) in [6.45, 7) is 0. The fourth-order valence-electron chi connectivity index (χ4n) is 4.66. The Hall–Kier alpha value is -4.17. The second kappa shape index (κ2) is 8.07. The summed E-state index contributed by atoms with van der Waals surface area (Å²) in [5.74, 6) is -0.196. The zero-order valence-electron chi connectivity index (χ0n) is 18.1. The van der Waals surface area contributed by atoms with E-state index >= 15 is 0 Å². The van der Waals surface area contributed by atoms with Crippen LogP contribution in [0.3, 0.4) is 0 Å². The predicted octanol–water partition coefficient (Wildman–Crippen LogP) is 8.18. The first-order valence-electron chi connectivity index (χ1n) is 11.2. The number of rotatable bonds is 4. The Morgan fingerprint density at radius 1 is 0.515 bits per heavy atom. The first-order chi connectivity index (χ1) is 16.3. The molecule has 1 nitrogen and oxygen atoms in total. The molecule has 1 heterocycles. The normalized spacial score (nSPS) is 11.3. The van der Waals surface area contributed by atoms with Crippen LogP contribution in [0.1, 0.15) is 11.1 Å². The van der Waals surface area contributed by atoms with Crippen LogP contribution < -0.4 is 0 Å². The summed E-state index contributed by atoms with van der Waals surface area (Å²) in [6.07, 6.45) is 0.796. The van der Waals surface area contributed by atoms with Crippen LogP contribution in [0.2, 0.25) is 0 Å². The molecule has 0 bridgehead atoms. The van der Waals surface area contributed by atoms with E-state index in [1.54, 1.807) is 0 Å². The summed E-state index contributed by atoms with van der Waals surface area (Å²) in [6, 6.07) is 41.2. The number of halogens is 1. The minimum Gasteiger partial charge on any atom is -0.309 e. The van der Waals surface area contributed by atoms with Crippen molar-refractivity contribution in [2.45, 2.75) is 6.42 Å². The SMILES string of the molecule is Fc1ccc(Cc2ccc(-c3ccc4c(c3)c3ccccc3n4-c3ccccc3)cc2)cc1. The van der Waals surface area contributed by atoms with Gasteiger partial charge in [0.2, 0.25) is 0 Å². The molecule has 0 aliphatic heterocycles. The van der Waals surface area contributed by atoms with Crippen LogP contribution in [0.15, 0.2) is 121 Å². The quantitative estimate of drug-likeness (QED) is 0.267. The van der Waals surface area contributed by atoms with Crippen LogP contribution in [-0.4, -0.2) is 4.57 Å². The minimum atomic E-state index is -0.196. The van der Waals surface area contributed by atoms with E-state index in [1.807, 2.05) is 12.1 Å². The van der Waals surface area contributed by atoms with Crippen molar-refractivity contribution in [1.82, 2.24) is 4.57 Å². The number of nitrogens with zero attached hydrogens (tertiary/aromatic N) is 1. The van der Waals surface area contributed by atoms with Gasteiger partial charge in [-0.05, 0) is 71.1 Å². The first kappa shape index (κ1) is 19.5. The molecule has 5 aromatic carbocycles. The molecule has 0 unspecified atom stereocenters. The standard InChI is InChI=1S/C31H22FN/c32-26-17-12-23(13-18-26)20-22-10-14-24(15-11-22)25-16-19-31-29(21-25)28-8-4-5-9-30(28)33(31)27-6-2-1-3-7-27/h1-19,21H,20H2. The Labute approximate surface area is 192 Å². The summed E-state index contributed by atoms with van der Waals surface area (Å²) in [4.78, 5) is 0. The average molecular weight is 428 g/mol. The molecular formula is C31H22FN. The number of benzene rings is 5. The number of hydrogen-bond acceptors (Lipinski definition) is 0. The molecule has 0 aliphatic rings. The van der Waals surface area contributed by atoms with Crippen molar-refractivity contribution < 1.29 is 4.39 Å². The molecule has 0 atom stereocenters. The van der Waals surface area contributed by atoms with E-state index in [9.17, 15) is 4.39 Å². The van der Waals surface area contributed by atoms with Gasteiger partial charge in [-0.25, -0.2) is 4.39 Å². The van der Waals surface area contributed by atoms with Crippen LogP contribution in [0, 0.1) is 5.82 Å². The second-order valence-corrected chi connectivity index (χ2v) is 8.42. The largest absolute Gasteiger partial charge is 0.309 e. The van der Waals surface area contributed by atoms with Crippen molar-refractivity contribution in [3.8, 4) is 16.8 Å². The van der Waals surface area contributed by atoms with Crippen molar-refractivity contribution in [2.24, 2.45) is 0 Å². The Balaban J connectivity index is 1.40. The fraction of sp³-hybridized carbons (Fsp3) is 0.0323. The van der Waals surface area contributed by atoms with E-state index in [1.165, 1.54) is 56.3 Å². The lowest BCUT2D eigenvalue weighted by Gasteiger charge is -2.08. The van der Waals surface area contributed by atoms with E-state index in [-0.39, 0.29) is 5.82 Å². The van der Waals surface area contributed by atoms with Gasteiger partial charge >= 0.3 is 0 Å². The Morgan fingerprint density at radius 3 is 1.88 bits per heavy atom. The highest BCUT2D eigenvalue weighted by molar-refractivity contribution is 6.10. The van der Waals surface area contributed by atoms with Crippen LogP contribution in [0.5, 0.6) is 0 Å². The van der Waals surface area contributed by atoms with Gasteiger partial charge in [0.25, 0.3) is 0 Å². The van der Waals surface area contributed by atoms with Crippen molar-refractivity contribution >= 4 is 21.8 Å². The van der Waals surface area contributed by atoms with Crippen molar-refractivity contribution in [3.63, 3.8) is 0 Å². The van der Waals surface area contributed by atoms with Crippen LogP contribution in [-0.2, 0) is 6.42 Å². The molecule has 33 heavy (non-hydrogen) atoms. The third kappa shape index (κ3) is 3.60. The number of hydrogen-bond donors (Lipinski definition) is 0. The summed E-state index contributed by atoms with van der Waals surface area (Å²) >= 11 is 0. The number of fused-ring (bicyclic) bond motifs is 3. The maximum absolute atomic E-state index is 13.2. The predicted molar refractivity (Wildman–Crippen MR) is 135 cm³/mol. The van der Waals surface area contributed by atoms with Gasteiger partial charge in [-0.15, -0.1) is 0 Å². The van der Waals surface area contributed by atoms with E-state index in [0.29, 0.717) is 0 Å².